The maximum atomic E-state index is 13.0. The van der Waals surface area contributed by atoms with Gasteiger partial charge in [0.05, 0.1) is 5.56 Å². The van der Waals surface area contributed by atoms with E-state index in [1.165, 1.54) is 18.2 Å². The summed E-state index contributed by atoms with van der Waals surface area (Å²) in [5.41, 5.74) is -0.930. The summed E-state index contributed by atoms with van der Waals surface area (Å²) in [6.45, 7) is 0. The van der Waals surface area contributed by atoms with Gasteiger partial charge in [0.1, 0.15) is 5.69 Å². The molecule has 1 aromatic heterocycles. The van der Waals surface area contributed by atoms with Gasteiger partial charge in [0.15, 0.2) is 5.43 Å². The minimum absolute atomic E-state index is 0.115. The topological polar surface area (TPSA) is 88.3 Å². The number of anilines is 1. The predicted molar refractivity (Wildman–Crippen MR) is 119 cm³/mol. The molecule has 0 aliphatic carbocycles. The third-order valence-corrected chi connectivity index (χ3v) is 4.98. The summed E-state index contributed by atoms with van der Waals surface area (Å²) in [6, 6.07) is 19.7. The predicted octanol–water partition coefficient (Wildman–Crippen LogP) is 5.08. The first-order valence-corrected chi connectivity index (χ1v) is 10.1. The highest BCUT2D eigenvalue weighted by Crippen LogP contribution is 2.31. The molecule has 0 spiro atoms. The highest BCUT2D eigenvalue weighted by atomic mass is 19.4. The van der Waals surface area contributed by atoms with Crippen LogP contribution in [0.25, 0.3) is 10.9 Å². The van der Waals surface area contributed by atoms with Crippen molar-refractivity contribution < 1.29 is 27.5 Å². The van der Waals surface area contributed by atoms with Gasteiger partial charge in [0, 0.05) is 28.2 Å². The number of carbonyl (C=O) groups excluding carboxylic acids is 2. The Balaban J connectivity index is 1.63. The Bertz CT molecular complexity index is 1420. The monoisotopic (exact) mass is 466 g/mol. The van der Waals surface area contributed by atoms with Gasteiger partial charge in [0.25, 0.3) is 5.91 Å². The summed E-state index contributed by atoms with van der Waals surface area (Å²) < 4.78 is 44.5. The molecule has 0 fully saturated rings. The van der Waals surface area contributed by atoms with Crippen molar-refractivity contribution in [3.8, 4) is 0 Å². The minimum Gasteiger partial charge on any atom is -0.443 e. The molecule has 4 rings (SSSR count). The van der Waals surface area contributed by atoms with Crippen molar-refractivity contribution >= 4 is 28.5 Å². The first kappa shape index (κ1) is 22.8. The number of halogens is 3. The first-order valence-electron chi connectivity index (χ1n) is 10.1. The number of carbonyl (C=O) groups is 2. The van der Waals surface area contributed by atoms with Crippen LogP contribution < -0.4 is 10.7 Å². The Kier molecular flexibility index (Phi) is 6.18. The normalized spacial score (nSPS) is 12.2. The van der Waals surface area contributed by atoms with Crippen LogP contribution in [0.15, 0.2) is 89.7 Å². The Morgan fingerprint density at radius 2 is 1.59 bits per heavy atom. The lowest BCUT2D eigenvalue weighted by Gasteiger charge is -2.18. The summed E-state index contributed by atoms with van der Waals surface area (Å²) in [7, 11) is 0. The Hall–Kier alpha value is -4.40. The van der Waals surface area contributed by atoms with Gasteiger partial charge in [0.2, 0.25) is 6.10 Å². The van der Waals surface area contributed by atoms with Crippen molar-refractivity contribution in [2.75, 3.05) is 5.32 Å². The number of hydrogen-bond donors (Lipinski definition) is 2. The number of H-pyrrole nitrogens is 1. The molecule has 1 heterocycles. The molecular weight excluding hydrogens is 449 g/mol. The molecule has 0 unspecified atom stereocenters. The fraction of sp³-hybridized carbons (Fsp3) is 0.0800. The number of amides is 1. The molecule has 0 bridgehead atoms. The molecule has 3 aromatic carbocycles. The molecule has 6 nitrogen and oxygen atoms in total. The Labute approximate surface area is 191 Å². The maximum Gasteiger partial charge on any atom is 0.416 e. The molecule has 0 aliphatic rings. The van der Waals surface area contributed by atoms with Gasteiger partial charge in [-0.25, -0.2) is 4.79 Å². The largest absolute Gasteiger partial charge is 0.443 e. The van der Waals surface area contributed by atoms with Crippen LogP contribution in [-0.4, -0.2) is 16.9 Å². The van der Waals surface area contributed by atoms with Gasteiger partial charge >= 0.3 is 12.1 Å². The zero-order valence-corrected chi connectivity index (χ0v) is 17.4. The number of rotatable bonds is 5. The molecule has 0 aliphatic heterocycles. The van der Waals surface area contributed by atoms with Gasteiger partial charge in [-0.2, -0.15) is 13.2 Å². The molecule has 2 N–H and O–H groups in total. The zero-order valence-electron chi connectivity index (χ0n) is 17.4. The number of aromatic amines is 1. The van der Waals surface area contributed by atoms with E-state index < -0.39 is 35.1 Å². The van der Waals surface area contributed by atoms with Crippen molar-refractivity contribution in [2.24, 2.45) is 0 Å². The maximum absolute atomic E-state index is 13.0. The fourth-order valence-electron chi connectivity index (χ4n) is 3.36. The van der Waals surface area contributed by atoms with Crippen molar-refractivity contribution in [1.29, 1.82) is 0 Å². The fourth-order valence-corrected chi connectivity index (χ4v) is 3.36. The average Bonchev–Trinajstić information content (AvgIpc) is 2.82. The van der Waals surface area contributed by atoms with E-state index in [1.807, 2.05) is 0 Å². The first-order chi connectivity index (χ1) is 16.2. The quantitative estimate of drug-likeness (QED) is 0.402. The van der Waals surface area contributed by atoms with Gasteiger partial charge in [-0.1, -0.05) is 48.5 Å². The van der Waals surface area contributed by atoms with Crippen LogP contribution in [0.1, 0.15) is 27.7 Å². The third-order valence-electron chi connectivity index (χ3n) is 4.98. The van der Waals surface area contributed by atoms with Crippen LogP contribution in [0.5, 0.6) is 0 Å². The number of hydrogen-bond acceptors (Lipinski definition) is 4. The number of aromatic nitrogens is 1. The molecule has 0 radical (unpaired) electrons. The number of nitrogens with one attached hydrogen (secondary N) is 2. The summed E-state index contributed by atoms with van der Waals surface area (Å²) in [5.74, 6) is -1.84. The summed E-state index contributed by atoms with van der Waals surface area (Å²) in [5, 5.41) is 2.74. The van der Waals surface area contributed by atoms with Gasteiger partial charge < -0.3 is 15.0 Å². The summed E-state index contributed by atoms with van der Waals surface area (Å²) >= 11 is 0. The molecule has 172 valence electrons. The average molecular weight is 466 g/mol. The number of para-hydroxylation sites is 1. The van der Waals surface area contributed by atoms with Crippen LogP contribution in [0.3, 0.4) is 0 Å². The lowest BCUT2D eigenvalue weighted by atomic mass is 10.1. The zero-order chi connectivity index (χ0) is 24.3. The molecule has 1 atom stereocenters. The molecule has 9 heteroatoms. The number of ether oxygens (including phenoxy) is 1. The minimum atomic E-state index is -4.59. The van der Waals surface area contributed by atoms with E-state index in [2.05, 4.69) is 10.3 Å². The van der Waals surface area contributed by atoms with Crippen LogP contribution in [-0.2, 0) is 15.7 Å². The SMILES string of the molecule is O=C(O[C@@H](C(=O)Nc1cccc(C(F)(F)F)c1)c1ccccc1)c1cc(=O)c2ccccc2[nH]1. The Morgan fingerprint density at radius 1 is 0.882 bits per heavy atom. The molecule has 1 amide bonds. The molecule has 4 aromatic rings. The number of pyridine rings is 1. The highest BCUT2D eigenvalue weighted by molar-refractivity contribution is 5.98. The number of benzene rings is 3. The van der Waals surface area contributed by atoms with Gasteiger partial charge in [-0.3, -0.25) is 9.59 Å². The Morgan fingerprint density at radius 3 is 2.32 bits per heavy atom. The molecular formula is C25H17F3N2O4. The van der Waals surface area contributed by atoms with Crippen molar-refractivity contribution in [3.63, 3.8) is 0 Å². The van der Waals surface area contributed by atoms with E-state index in [-0.39, 0.29) is 11.4 Å². The number of esters is 1. The van der Waals surface area contributed by atoms with Crippen LogP contribution >= 0.6 is 0 Å². The molecule has 0 saturated heterocycles. The van der Waals surface area contributed by atoms with Crippen LogP contribution in [0.2, 0.25) is 0 Å². The van der Waals surface area contributed by atoms with E-state index in [1.54, 1.807) is 42.5 Å². The van der Waals surface area contributed by atoms with Crippen molar-refractivity contribution in [2.45, 2.75) is 12.3 Å². The molecule has 0 saturated carbocycles. The number of fused-ring (bicyclic) bond motifs is 1. The van der Waals surface area contributed by atoms with Gasteiger partial charge in [-0.05, 0) is 30.3 Å². The third kappa shape index (κ3) is 4.98. The lowest BCUT2D eigenvalue weighted by molar-refractivity contribution is -0.137. The lowest BCUT2D eigenvalue weighted by Crippen LogP contribution is -2.26. The van der Waals surface area contributed by atoms with E-state index in [4.69, 9.17) is 4.74 Å². The molecule has 34 heavy (non-hydrogen) atoms. The number of alkyl halides is 3. The smallest absolute Gasteiger partial charge is 0.416 e. The second-order valence-electron chi connectivity index (χ2n) is 7.36. The van der Waals surface area contributed by atoms with Crippen molar-refractivity contribution in [3.05, 3.63) is 112 Å². The summed E-state index contributed by atoms with van der Waals surface area (Å²) in [4.78, 5) is 41.0. The standard InChI is InChI=1S/C25H17F3N2O4/c26-25(27,28)16-9-6-10-17(13-16)29-23(32)22(15-7-2-1-3-8-15)34-24(33)20-14-21(31)18-11-4-5-12-19(18)30-20/h1-14,22H,(H,29,32)(H,30,31)/t22-/m1/s1. The van der Waals surface area contributed by atoms with E-state index in [0.29, 0.717) is 16.5 Å². The highest BCUT2D eigenvalue weighted by Gasteiger charge is 2.31. The van der Waals surface area contributed by atoms with E-state index >= 15 is 0 Å². The van der Waals surface area contributed by atoms with Gasteiger partial charge in [-0.15, -0.1) is 0 Å². The summed E-state index contributed by atoms with van der Waals surface area (Å²) in [6.07, 6.45) is -6.08. The second kappa shape index (κ2) is 9.22. The van der Waals surface area contributed by atoms with E-state index in [0.717, 1.165) is 24.3 Å². The van der Waals surface area contributed by atoms with Crippen LogP contribution in [0.4, 0.5) is 18.9 Å². The van der Waals surface area contributed by atoms with Crippen molar-refractivity contribution in [1.82, 2.24) is 4.98 Å². The second-order valence-corrected chi connectivity index (χ2v) is 7.36. The van der Waals surface area contributed by atoms with E-state index in [9.17, 15) is 27.6 Å². The van der Waals surface area contributed by atoms with Crippen LogP contribution in [0, 0.1) is 0 Å².